The largest absolute Gasteiger partial charge is 0.466 e. The van der Waals surface area contributed by atoms with Crippen molar-refractivity contribution in [2.45, 2.75) is 58.3 Å². The Morgan fingerprint density at radius 3 is 2.19 bits per heavy atom. The minimum absolute atomic E-state index is 0.179. The lowest BCUT2D eigenvalue weighted by atomic mass is 9.99. The maximum Gasteiger partial charge on any atom is 0.409 e. The van der Waals surface area contributed by atoms with Gasteiger partial charge in [-0.1, -0.05) is 18.2 Å². The maximum atomic E-state index is 11.1. The molecule has 0 heterocycles. The molecule has 6 nitrogen and oxygen atoms in total. The lowest BCUT2D eigenvalue weighted by Crippen LogP contribution is -2.12. The van der Waals surface area contributed by atoms with Crippen molar-refractivity contribution in [3.8, 4) is 6.07 Å². The highest BCUT2D eigenvalue weighted by Crippen LogP contribution is 2.38. The van der Waals surface area contributed by atoms with Crippen molar-refractivity contribution in [2.75, 3.05) is 11.9 Å². The number of hydrogen-bond acceptors (Lipinski definition) is 4. The fourth-order valence-electron chi connectivity index (χ4n) is 4.30. The summed E-state index contributed by atoms with van der Waals surface area (Å²) in [5.74, 6) is -0.179. The normalized spacial score (nSPS) is 13.3. The van der Waals surface area contributed by atoms with Gasteiger partial charge >= 0.3 is 12.1 Å². The third-order valence-electron chi connectivity index (χ3n) is 5.71. The number of amides is 1. The first-order valence-corrected chi connectivity index (χ1v) is 10.8. The molecule has 0 bridgehead atoms. The van der Waals surface area contributed by atoms with E-state index in [1.807, 2.05) is 18.2 Å². The van der Waals surface area contributed by atoms with Crippen LogP contribution in [-0.2, 0) is 41.6 Å². The van der Waals surface area contributed by atoms with E-state index < -0.39 is 6.09 Å². The molecule has 0 saturated carbocycles. The third kappa shape index (κ3) is 5.85. The van der Waals surface area contributed by atoms with Crippen molar-refractivity contribution in [1.29, 1.82) is 5.26 Å². The number of nitriles is 1. The highest BCUT2D eigenvalue weighted by atomic mass is 16.5. The topological polar surface area (TPSA) is 99.4 Å². The van der Waals surface area contributed by atoms with Gasteiger partial charge in [-0.25, -0.2) is 4.79 Å². The smallest absolute Gasteiger partial charge is 0.409 e. The van der Waals surface area contributed by atoms with Crippen molar-refractivity contribution < 1.29 is 19.4 Å². The van der Waals surface area contributed by atoms with E-state index in [1.54, 1.807) is 19.1 Å². The molecule has 2 aromatic rings. The Labute approximate surface area is 182 Å². The van der Waals surface area contributed by atoms with Gasteiger partial charge in [-0.05, 0) is 91.8 Å². The molecule has 2 aliphatic rings. The van der Waals surface area contributed by atoms with Crippen molar-refractivity contribution >= 4 is 17.7 Å². The molecule has 6 heteroatoms. The fraction of sp³-hybridized carbons (Fsp3) is 0.400. The Balaban J connectivity index is 0.000000176. The van der Waals surface area contributed by atoms with Crippen LogP contribution in [0, 0.1) is 11.3 Å². The minimum Gasteiger partial charge on any atom is -0.466 e. The summed E-state index contributed by atoms with van der Waals surface area (Å²) in [6.07, 6.45) is 6.70. The first-order chi connectivity index (χ1) is 15.0. The van der Waals surface area contributed by atoms with Gasteiger partial charge in [0.15, 0.2) is 0 Å². The highest BCUT2D eigenvalue weighted by molar-refractivity contribution is 5.86. The zero-order valence-electron chi connectivity index (χ0n) is 17.9. The monoisotopic (exact) mass is 420 g/mol. The van der Waals surface area contributed by atoms with Crippen LogP contribution in [0.4, 0.5) is 10.5 Å². The van der Waals surface area contributed by atoms with Crippen LogP contribution in [0.2, 0.25) is 0 Å². The lowest BCUT2D eigenvalue weighted by Gasteiger charge is -2.14. The third-order valence-corrected chi connectivity index (χ3v) is 5.71. The summed E-state index contributed by atoms with van der Waals surface area (Å²) in [5.41, 5.74) is 7.83. The fourth-order valence-corrected chi connectivity index (χ4v) is 4.30. The molecule has 0 radical (unpaired) electrons. The zero-order chi connectivity index (χ0) is 22.2. The molecule has 0 unspecified atom stereocenters. The highest BCUT2D eigenvalue weighted by Gasteiger charge is 2.24. The Morgan fingerprint density at radius 2 is 1.68 bits per heavy atom. The van der Waals surface area contributed by atoms with Gasteiger partial charge in [0.2, 0.25) is 0 Å². The molecule has 31 heavy (non-hydrogen) atoms. The number of nitrogens with zero attached hydrogens (tertiary/aromatic N) is 1. The van der Waals surface area contributed by atoms with E-state index in [-0.39, 0.29) is 5.97 Å². The van der Waals surface area contributed by atoms with Crippen LogP contribution in [0.25, 0.3) is 0 Å². The summed E-state index contributed by atoms with van der Waals surface area (Å²) in [5, 5.41) is 20.1. The van der Waals surface area contributed by atoms with E-state index in [1.165, 1.54) is 22.3 Å². The number of nitrogens with one attached hydrogen (secondary N) is 1. The Morgan fingerprint density at radius 1 is 1.06 bits per heavy atom. The first kappa shape index (κ1) is 22.4. The quantitative estimate of drug-likeness (QED) is 0.677. The van der Waals surface area contributed by atoms with Gasteiger partial charge in [0, 0.05) is 6.42 Å². The predicted molar refractivity (Wildman–Crippen MR) is 118 cm³/mol. The number of esters is 1. The van der Waals surface area contributed by atoms with Gasteiger partial charge in [0.1, 0.15) is 0 Å². The van der Waals surface area contributed by atoms with Crippen LogP contribution in [0.1, 0.15) is 59.6 Å². The number of benzene rings is 2. The second-order valence-electron chi connectivity index (χ2n) is 7.78. The summed E-state index contributed by atoms with van der Waals surface area (Å²) in [6, 6.07) is 11.6. The van der Waals surface area contributed by atoms with Gasteiger partial charge in [-0.15, -0.1) is 0 Å². The van der Waals surface area contributed by atoms with E-state index in [0.29, 0.717) is 25.0 Å². The number of hydrogen-bond donors (Lipinski definition) is 2. The Hall–Kier alpha value is -3.33. The average Bonchev–Trinajstić information content (AvgIpc) is 3.42. The number of fused-ring (bicyclic) bond motifs is 2. The van der Waals surface area contributed by atoms with Gasteiger partial charge in [0.25, 0.3) is 0 Å². The molecule has 1 amide bonds. The van der Waals surface area contributed by atoms with Crippen molar-refractivity contribution in [3.63, 3.8) is 0 Å². The Bertz CT molecular complexity index is 958. The lowest BCUT2D eigenvalue weighted by molar-refractivity contribution is -0.143. The molecule has 0 aromatic heterocycles. The van der Waals surface area contributed by atoms with Crippen molar-refractivity contribution in [2.24, 2.45) is 0 Å². The van der Waals surface area contributed by atoms with E-state index in [9.17, 15) is 9.59 Å². The van der Waals surface area contributed by atoms with E-state index >= 15 is 0 Å². The summed E-state index contributed by atoms with van der Waals surface area (Å²) in [7, 11) is 0. The number of ether oxygens (including phenoxy) is 1. The predicted octanol–water partition coefficient (Wildman–Crippen LogP) is 4.81. The molecule has 4 rings (SSSR count). The van der Waals surface area contributed by atoms with Gasteiger partial charge in [-0.2, -0.15) is 5.26 Å². The van der Waals surface area contributed by atoms with Gasteiger partial charge in [0.05, 0.1) is 23.9 Å². The molecule has 162 valence electrons. The summed E-state index contributed by atoms with van der Waals surface area (Å²) < 4.78 is 4.82. The van der Waals surface area contributed by atoms with Gasteiger partial charge in [-0.3, -0.25) is 10.1 Å². The van der Waals surface area contributed by atoms with E-state index in [2.05, 4.69) is 11.4 Å². The first-order valence-electron chi connectivity index (χ1n) is 10.8. The van der Waals surface area contributed by atoms with Crippen molar-refractivity contribution in [1.82, 2.24) is 0 Å². The number of rotatable bonds is 5. The summed E-state index contributed by atoms with van der Waals surface area (Å²) in [6.45, 7) is 2.21. The molecule has 2 aliphatic carbocycles. The van der Waals surface area contributed by atoms with E-state index in [0.717, 1.165) is 49.8 Å². The number of anilines is 1. The van der Waals surface area contributed by atoms with Crippen LogP contribution in [-0.4, -0.2) is 23.8 Å². The molecule has 2 aromatic carbocycles. The standard InChI is InChI=1S/C13H15NO2.C12H13NO2/c15-13(16)14-12-10-5-1-3-8(10)7-9-4-2-6-11(9)12;1-2-15-12(14)8-7-10-3-5-11(9-13)6-4-10/h7,14H,1-6H2,(H,15,16);3-6H,2,7-8H2,1H3. The number of carbonyl (C=O) groups is 2. The second-order valence-corrected chi connectivity index (χ2v) is 7.78. The van der Waals surface area contributed by atoms with E-state index in [4.69, 9.17) is 15.1 Å². The average molecular weight is 421 g/mol. The molecular weight excluding hydrogens is 392 g/mol. The molecule has 0 spiro atoms. The SMILES string of the molecule is CCOC(=O)CCc1ccc(C#N)cc1.O=C(O)Nc1c2c(cc3c1CCC3)CCC2. The zero-order valence-corrected chi connectivity index (χ0v) is 17.9. The van der Waals surface area contributed by atoms with Crippen LogP contribution in [0.5, 0.6) is 0 Å². The van der Waals surface area contributed by atoms with Crippen molar-refractivity contribution in [3.05, 3.63) is 63.7 Å². The van der Waals surface area contributed by atoms with Gasteiger partial charge < -0.3 is 9.84 Å². The summed E-state index contributed by atoms with van der Waals surface area (Å²) in [4.78, 5) is 21.9. The Kier molecular flexibility index (Phi) is 7.66. The van der Waals surface area contributed by atoms with Crippen LogP contribution in [0.3, 0.4) is 0 Å². The summed E-state index contributed by atoms with van der Waals surface area (Å²) >= 11 is 0. The van der Waals surface area contributed by atoms with Crippen LogP contribution < -0.4 is 5.32 Å². The molecule has 0 fully saturated rings. The molecule has 0 atom stereocenters. The number of aryl methyl sites for hydroxylation is 3. The second kappa shape index (κ2) is 10.6. The molecule has 0 aliphatic heterocycles. The minimum atomic E-state index is -0.936. The molecule has 0 saturated heterocycles. The number of carbonyl (C=O) groups excluding carboxylic acids is 1. The molecule has 2 N–H and O–H groups in total. The van der Waals surface area contributed by atoms with Crippen LogP contribution in [0.15, 0.2) is 30.3 Å². The molecular formula is C25H28N2O4. The maximum absolute atomic E-state index is 11.1. The number of carboxylic acid groups (broad SMARTS) is 1. The van der Waals surface area contributed by atoms with Crippen LogP contribution >= 0.6 is 0 Å².